The predicted molar refractivity (Wildman–Crippen MR) is 135 cm³/mol. The van der Waals surface area contributed by atoms with E-state index in [1.807, 2.05) is 39.8 Å². The van der Waals surface area contributed by atoms with E-state index in [-0.39, 0.29) is 22.3 Å². The SMILES string of the molecule is CCN(CC)S(=O)(=O)c1cccc(C(=O)NC(C(=O)N(C)Cc2ccc(C)cc2C)C(C)C)c1. The van der Waals surface area contributed by atoms with Gasteiger partial charge in [-0.25, -0.2) is 8.42 Å². The molecular formula is C26H37N3O4S. The first kappa shape index (κ1) is 27.5. The second kappa shape index (κ2) is 11.6. The average Bonchev–Trinajstić information content (AvgIpc) is 2.79. The summed E-state index contributed by atoms with van der Waals surface area (Å²) in [5.74, 6) is -0.834. The Balaban J connectivity index is 2.22. The van der Waals surface area contributed by atoms with Crippen molar-refractivity contribution < 1.29 is 18.0 Å². The van der Waals surface area contributed by atoms with E-state index in [1.165, 1.54) is 16.4 Å². The van der Waals surface area contributed by atoms with E-state index in [4.69, 9.17) is 0 Å². The molecule has 0 aliphatic rings. The molecule has 1 N–H and O–H groups in total. The molecule has 1 atom stereocenters. The van der Waals surface area contributed by atoms with Crippen molar-refractivity contribution >= 4 is 21.8 Å². The summed E-state index contributed by atoms with van der Waals surface area (Å²) in [6.07, 6.45) is 0. The summed E-state index contributed by atoms with van der Waals surface area (Å²) in [7, 11) is -1.97. The van der Waals surface area contributed by atoms with Crippen LogP contribution in [0.5, 0.6) is 0 Å². The summed E-state index contributed by atoms with van der Waals surface area (Å²) in [6.45, 7) is 12.4. The molecule has 0 bridgehead atoms. The van der Waals surface area contributed by atoms with Crippen molar-refractivity contribution in [2.24, 2.45) is 5.92 Å². The summed E-state index contributed by atoms with van der Waals surface area (Å²) in [5, 5.41) is 2.82. The van der Waals surface area contributed by atoms with Crippen molar-refractivity contribution in [2.75, 3.05) is 20.1 Å². The Hall–Kier alpha value is -2.71. The highest BCUT2D eigenvalue weighted by molar-refractivity contribution is 7.89. The van der Waals surface area contributed by atoms with Gasteiger partial charge in [0.2, 0.25) is 15.9 Å². The number of carbonyl (C=O) groups excluding carboxylic acids is 2. The molecule has 0 saturated heterocycles. The highest BCUT2D eigenvalue weighted by Gasteiger charge is 2.28. The maximum absolute atomic E-state index is 13.2. The minimum Gasteiger partial charge on any atom is -0.340 e. The molecule has 2 amide bonds. The number of carbonyl (C=O) groups is 2. The number of nitrogens with zero attached hydrogens (tertiary/aromatic N) is 2. The fraction of sp³-hybridized carbons (Fsp3) is 0.462. The number of amides is 2. The van der Waals surface area contributed by atoms with Crippen molar-refractivity contribution in [2.45, 2.75) is 59.0 Å². The van der Waals surface area contributed by atoms with Crippen LogP contribution >= 0.6 is 0 Å². The van der Waals surface area contributed by atoms with Crippen LogP contribution in [0, 0.1) is 19.8 Å². The number of likely N-dealkylation sites (N-methyl/N-ethyl adjacent to an activating group) is 1. The van der Waals surface area contributed by atoms with Gasteiger partial charge in [-0.1, -0.05) is 57.5 Å². The molecule has 0 saturated carbocycles. The highest BCUT2D eigenvalue weighted by Crippen LogP contribution is 2.18. The minimum absolute atomic E-state index is 0.0586. The smallest absolute Gasteiger partial charge is 0.251 e. The zero-order valence-electron chi connectivity index (χ0n) is 21.3. The lowest BCUT2D eigenvalue weighted by atomic mass is 10.0. The van der Waals surface area contributed by atoms with Crippen molar-refractivity contribution in [3.05, 3.63) is 64.7 Å². The number of aryl methyl sites for hydroxylation is 2. The molecule has 34 heavy (non-hydrogen) atoms. The van der Waals surface area contributed by atoms with Crippen molar-refractivity contribution in [1.29, 1.82) is 0 Å². The van der Waals surface area contributed by atoms with Crippen LogP contribution in [0.3, 0.4) is 0 Å². The van der Waals surface area contributed by atoms with Crippen LogP contribution in [-0.4, -0.2) is 55.6 Å². The van der Waals surface area contributed by atoms with Crippen LogP contribution in [0.4, 0.5) is 0 Å². The number of hydrogen-bond donors (Lipinski definition) is 1. The third kappa shape index (κ3) is 6.45. The van der Waals surface area contributed by atoms with E-state index in [1.54, 1.807) is 37.9 Å². The Morgan fingerprint density at radius 2 is 1.65 bits per heavy atom. The fourth-order valence-corrected chi connectivity index (χ4v) is 5.35. The fourth-order valence-electron chi connectivity index (χ4n) is 3.84. The quantitative estimate of drug-likeness (QED) is 0.553. The molecule has 0 aliphatic carbocycles. The van der Waals surface area contributed by atoms with Gasteiger partial charge < -0.3 is 10.2 Å². The molecule has 2 aromatic carbocycles. The summed E-state index contributed by atoms with van der Waals surface area (Å²) in [5.41, 5.74) is 3.51. The van der Waals surface area contributed by atoms with E-state index >= 15 is 0 Å². The Labute approximate surface area is 204 Å². The number of nitrogens with one attached hydrogen (secondary N) is 1. The van der Waals surface area contributed by atoms with Gasteiger partial charge in [-0.3, -0.25) is 9.59 Å². The second-order valence-electron chi connectivity index (χ2n) is 8.94. The van der Waals surface area contributed by atoms with E-state index in [9.17, 15) is 18.0 Å². The Kier molecular flexibility index (Phi) is 9.41. The van der Waals surface area contributed by atoms with E-state index in [0.29, 0.717) is 19.6 Å². The topological polar surface area (TPSA) is 86.8 Å². The summed E-state index contributed by atoms with van der Waals surface area (Å²) in [4.78, 5) is 27.9. The van der Waals surface area contributed by atoms with Gasteiger partial charge in [0, 0.05) is 32.2 Å². The lowest BCUT2D eigenvalue weighted by molar-refractivity contribution is -0.133. The van der Waals surface area contributed by atoms with Crippen LogP contribution in [0.1, 0.15) is 54.7 Å². The molecule has 0 fully saturated rings. The first-order valence-corrected chi connectivity index (χ1v) is 13.1. The molecule has 186 valence electrons. The Morgan fingerprint density at radius 3 is 2.21 bits per heavy atom. The Bertz CT molecular complexity index is 1120. The third-order valence-electron chi connectivity index (χ3n) is 5.94. The number of hydrogen-bond acceptors (Lipinski definition) is 4. The highest BCUT2D eigenvalue weighted by atomic mass is 32.2. The van der Waals surface area contributed by atoms with Crippen LogP contribution in [-0.2, 0) is 21.4 Å². The van der Waals surface area contributed by atoms with Gasteiger partial charge in [-0.15, -0.1) is 0 Å². The van der Waals surface area contributed by atoms with E-state index < -0.39 is 22.0 Å². The number of sulfonamides is 1. The van der Waals surface area contributed by atoms with Crippen molar-refractivity contribution in [3.8, 4) is 0 Å². The van der Waals surface area contributed by atoms with Gasteiger partial charge >= 0.3 is 0 Å². The molecule has 8 heteroatoms. The van der Waals surface area contributed by atoms with Crippen LogP contribution in [0.2, 0.25) is 0 Å². The zero-order chi connectivity index (χ0) is 25.6. The van der Waals surface area contributed by atoms with Crippen molar-refractivity contribution in [3.63, 3.8) is 0 Å². The molecule has 2 rings (SSSR count). The summed E-state index contributed by atoms with van der Waals surface area (Å²) < 4.78 is 27.0. The minimum atomic E-state index is -3.70. The molecule has 0 heterocycles. The number of benzene rings is 2. The normalized spacial score (nSPS) is 12.6. The Morgan fingerprint density at radius 1 is 1.00 bits per heavy atom. The maximum Gasteiger partial charge on any atom is 0.251 e. The van der Waals surface area contributed by atoms with Crippen molar-refractivity contribution in [1.82, 2.24) is 14.5 Å². The molecule has 0 aliphatic heterocycles. The second-order valence-corrected chi connectivity index (χ2v) is 10.9. The lowest BCUT2D eigenvalue weighted by Crippen LogP contribution is -2.50. The molecular weight excluding hydrogens is 450 g/mol. The summed E-state index contributed by atoms with van der Waals surface area (Å²) in [6, 6.07) is 11.3. The first-order valence-electron chi connectivity index (χ1n) is 11.6. The predicted octanol–water partition coefficient (Wildman–Crippen LogP) is 3.75. The van der Waals surface area contributed by atoms with Gasteiger partial charge in [0.15, 0.2) is 0 Å². The lowest BCUT2D eigenvalue weighted by Gasteiger charge is -2.27. The van der Waals surface area contributed by atoms with Crippen LogP contribution in [0.15, 0.2) is 47.4 Å². The monoisotopic (exact) mass is 487 g/mol. The maximum atomic E-state index is 13.2. The molecule has 0 radical (unpaired) electrons. The largest absolute Gasteiger partial charge is 0.340 e. The molecule has 0 spiro atoms. The standard InChI is InChI=1S/C26H37N3O4S/c1-8-29(9-2)34(32,33)23-12-10-11-21(16-23)25(30)27-24(18(3)4)26(31)28(7)17-22-14-13-19(5)15-20(22)6/h10-16,18,24H,8-9,17H2,1-7H3,(H,27,30). The van der Waals surface area contributed by atoms with Crippen LogP contribution < -0.4 is 5.32 Å². The summed E-state index contributed by atoms with van der Waals surface area (Å²) >= 11 is 0. The van der Waals surface area contributed by atoms with Gasteiger partial charge in [0.05, 0.1) is 4.90 Å². The number of rotatable bonds is 10. The first-order chi connectivity index (χ1) is 15.9. The van der Waals surface area contributed by atoms with Gasteiger partial charge in [-0.05, 0) is 49.1 Å². The van der Waals surface area contributed by atoms with Gasteiger partial charge in [0.1, 0.15) is 6.04 Å². The van der Waals surface area contributed by atoms with E-state index in [2.05, 4.69) is 11.4 Å². The average molecular weight is 488 g/mol. The zero-order valence-corrected chi connectivity index (χ0v) is 22.1. The molecule has 1 unspecified atom stereocenters. The molecule has 7 nitrogen and oxygen atoms in total. The van der Waals surface area contributed by atoms with Gasteiger partial charge in [0.25, 0.3) is 5.91 Å². The molecule has 2 aromatic rings. The van der Waals surface area contributed by atoms with Gasteiger partial charge in [-0.2, -0.15) is 4.31 Å². The van der Waals surface area contributed by atoms with Crippen LogP contribution in [0.25, 0.3) is 0 Å². The van der Waals surface area contributed by atoms with E-state index in [0.717, 1.165) is 16.7 Å². The third-order valence-corrected chi connectivity index (χ3v) is 7.99. The molecule has 0 aromatic heterocycles.